The maximum absolute atomic E-state index is 11.2. The second kappa shape index (κ2) is 2.84. The van der Waals surface area contributed by atoms with Gasteiger partial charge in [-0.25, -0.2) is 0 Å². The lowest BCUT2D eigenvalue weighted by Gasteiger charge is -2.03. The zero-order chi connectivity index (χ0) is 8.55. The predicted octanol–water partition coefficient (Wildman–Crippen LogP) is 1.97. The van der Waals surface area contributed by atoms with Gasteiger partial charge in [0.1, 0.15) is 11.8 Å². The van der Waals surface area contributed by atoms with Crippen LogP contribution in [-0.2, 0) is 11.2 Å². The molecule has 0 N–H and O–H groups in total. The minimum absolute atomic E-state index is 0.739. The van der Waals surface area contributed by atoms with Crippen molar-refractivity contribution in [2.75, 3.05) is 6.26 Å². The molecule has 0 amide bonds. The zero-order valence-electron chi connectivity index (χ0n) is 6.53. The maximum atomic E-state index is 11.2. The van der Waals surface area contributed by atoms with Crippen LogP contribution in [0.5, 0.6) is 0 Å². The Balaban J connectivity index is 2.73. The summed E-state index contributed by atoms with van der Waals surface area (Å²) >= 11 is -0.973. The van der Waals surface area contributed by atoms with Gasteiger partial charge in [-0.1, -0.05) is 6.07 Å². The van der Waals surface area contributed by atoms with Gasteiger partial charge in [-0.05, 0) is 23.3 Å². The van der Waals surface area contributed by atoms with Gasteiger partial charge in [-0.3, -0.25) is 0 Å². The summed E-state index contributed by atoms with van der Waals surface area (Å²) in [5.74, 6) is 0. The van der Waals surface area contributed by atoms with E-state index in [1.165, 1.54) is 6.26 Å². The summed E-state index contributed by atoms with van der Waals surface area (Å²) in [6.45, 7) is 0. The van der Waals surface area contributed by atoms with Crippen LogP contribution in [0.15, 0.2) is 33.8 Å². The molecule has 61 valence electrons. The molecule has 0 aliphatic rings. The molecule has 1 aromatic carbocycles. The first-order valence-corrected chi connectivity index (χ1v) is 5.06. The van der Waals surface area contributed by atoms with Crippen LogP contribution in [0, 0.1) is 6.07 Å². The van der Waals surface area contributed by atoms with Crippen molar-refractivity contribution in [1.82, 2.24) is 0 Å². The van der Waals surface area contributed by atoms with E-state index in [0.717, 1.165) is 15.9 Å². The van der Waals surface area contributed by atoms with Crippen molar-refractivity contribution < 1.29 is 8.97 Å². The summed E-state index contributed by atoms with van der Waals surface area (Å²) < 4.78 is 16.3. The Morgan fingerprint density at radius 2 is 2.33 bits per heavy atom. The highest BCUT2D eigenvalue weighted by Gasteiger charge is 2.10. The van der Waals surface area contributed by atoms with Gasteiger partial charge in [0.05, 0.1) is 11.6 Å². The molecular weight excluding hydrogens is 172 g/mol. The van der Waals surface area contributed by atoms with Crippen molar-refractivity contribution in [2.24, 2.45) is 0 Å². The third-order valence-corrected chi connectivity index (χ3v) is 2.65. The predicted molar refractivity (Wildman–Crippen MR) is 47.4 cm³/mol. The van der Waals surface area contributed by atoms with E-state index in [9.17, 15) is 4.55 Å². The molecule has 1 atom stereocenters. The molecule has 3 heteroatoms. The van der Waals surface area contributed by atoms with Crippen molar-refractivity contribution in [3.63, 3.8) is 0 Å². The van der Waals surface area contributed by atoms with E-state index in [0.29, 0.717) is 0 Å². The fourth-order valence-corrected chi connectivity index (χ4v) is 1.86. The minimum Gasteiger partial charge on any atom is -0.612 e. The van der Waals surface area contributed by atoms with Crippen LogP contribution in [0.3, 0.4) is 0 Å². The van der Waals surface area contributed by atoms with Gasteiger partial charge in [-0.15, -0.1) is 0 Å². The molecule has 2 nitrogen and oxygen atoms in total. The van der Waals surface area contributed by atoms with Gasteiger partial charge in [-0.2, -0.15) is 0 Å². The topological polar surface area (TPSA) is 36.2 Å². The standard InChI is InChI=1S/C9H7O2S/c1-12(10)9-4-2-3-8-7(9)5-6-11-8/h2-4,6H,1H3. The second-order valence-electron chi connectivity index (χ2n) is 2.46. The fraction of sp³-hybridized carbons (Fsp3) is 0.111. The summed E-state index contributed by atoms with van der Waals surface area (Å²) in [6.07, 6.45) is 3.14. The number of hydrogen-bond acceptors (Lipinski definition) is 2. The molecule has 1 aromatic heterocycles. The van der Waals surface area contributed by atoms with E-state index in [1.54, 1.807) is 6.26 Å². The lowest BCUT2D eigenvalue weighted by Crippen LogP contribution is -1.96. The molecule has 12 heavy (non-hydrogen) atoms. The van der Waals surface area contributed by atoms with Gasteiger partial charge in [0, 0.05) is 6.07 Å². The SMILES string of the molecule is C[S+]([O-])c1cccc2oc[c]c12. The van der Waals surface area contributed by atoms with Crippen molar-refractivity contribution in [1.29, 1.82) is 0 Å². The lowest BCUT2D eigenvalue weighted by atomic mass is 10.3. The number of furan rings is 1. The molecule has 0 spiro atoms. The first kappa shape index (κ1) is 7.71. The average molecular weight is 179 g/mol. The summed E-state index contributed by atoms with van der Waals surface area (Å²) in [4.78, 5) is 0.779. The molecule has 0 bridgehead atoms. The van der Waals surface area contributed by atoms with Crippen molar-refractivity contribution in [3.8, 4) is 0 Å². The van der Waals surface area contributed by atoms with Crippen LogP contribution in [0.4, 0.5) is 0 Å². The van der Waals surface area contributed by atoms with Gasteiger partial charge >= 0.3 is 0 Å². The van der Waals surface area contributed by atoms with E-state index >= 15 is 0 Å². The van der Waals surface area contributed by atoms with E-state index in [-0.39, 0.29) is 0 Å². The largest absolute Gasteiger partial charge is 0.612 e. The zero-order valence-corrected chi connectivity index (χ0v) is 7.35. The molecule has 2 rings (SSSR count). The molecule has 2 aromatic rings. The molecule has 1 radical (unpaired) electrons. The van der Waals surface area contributed by atoms with Crippen LogP contribution >= 0.6 is 0 Å². The van der Waals surface area contributed by atoms with Crippen molar-refractivity contribution in [3.05, 3.63) is 30.5 Å². The van der Waals surface area contributed by atoms with E-state index in [2.05, 4.69) is 6.07 Å². The van der Waals surface area contributed by atoms with E-state index < -0.39 is 11.2 Å². The number of fused-ring (bicyclic) bond motifs is 1. The molecule has 0 saturated carbocycles. The highest BCUT2D eigenvalue weighted by atomic mass is 32.2. The highest BCUT2D eigenvalue weighted by molar-refractivity contribution is 7.91. The number of benzene rings is 1. The van der Waals surface area contributed by atoms with E-state index in [4.69, 9.17) is 4.42 Å². The quantitative estimate of drug-likeness (QED) is 0.627. The molecule has 1 unspecified atom stereocenters. The molecule has 0 aliphatic heterocycles. The summed E-state index contributed by atoms with van der Waals surface area (Å²) in [6, 6.07) is 8.40. The van der Waals surface area contributed by atoms with Gasteiger partial charge in [0.15, 0.2) is 4.90 Å². The fourth-order valence-electron chi connectivity index (χ4n) is 1.14. The van der Waals surface area contributed by atoms with Crippen LogP contribution in [0.2, 0.25) is 0 Å². The lowest BCUT2D eigenvalue weighted by molar-refractivity contribution is 0.600. The van der Waals surface area contributed by atoms with E-state index in [1.807, 2.05) is 18.2 Å². The minimum atomic E-state index is -0.973. The number of hydrogen-bond donors (Lipinski definition) is 0. The molecule has 0 fully saturated rings. The molecule has 0 saturated heterocycles. The van der Waals surface area contributed by atoms with Crippen molar-refractivity contribution >= 4 is 22.1 Å². The third kappa shape index (κ3) is 1.11. The Bertz CT molecular complexity index is 392. The molecule has 1 heterocycles. The molecular formula is C9H7O2S. The maximum Gasteiger partial charge on any atom is 0.164 e. The first-order valence-electron chi connectivity index (χ1n) is 3.50. The Morgan fingerprint density at radius 3 is 3.08 bits per heavy atom. The summed E-state index contributed by atoms with van der Waals surface area (Å²) in [5.41, 5.74) is 0.739. The van der Waals surface area contributed by atoms with Crippen LogP contribution in [0.25, 0.3) is 11.0 Å². The smallest absolute Gasteiger partial charge is 0.164 e. The van der Waals surface area contributed by atoms with Crippen LogP contribution in [0.1, 0.15) is 0 Å². The number of rotatable bonds is 1. The van der Waals surface area contributed by atoms with Gasteiger partial charge < -0.3 is 8.97 Å². The van der Waals surface area contributed by atoms with Gasteiger partial charge in [0.25, 0.3) is 0 Å². The van der Waals surface area contributed by atoms with Crippen LogP contribution in [-0.4, -0.2) is 10.8 Å². The monoisotopic (exact) mass is 179 g/mol. The average Bonchev–Trinajstić information content (AvgIpc) is 2.49. The Labute approximate surface area is 73.4 Å². The highest BCUT2D eigenvalue weighted by Crippen LogP contribution is 2.22. The van der Waals surface area contributed by atoms with Crippen LogP contribution < -0.4 is 0 Å². The summed E-state index contributed by atoms with van der Waals surface area (Å²) in [5, 5.41) is 0.818. The van der Waals surface area contributed by atoms with Crippen molar-refractivity contribution in [2.45, 2.75) is 4.90 Å². The van der Waals surface area contributed by atoms with Gasteiger partial charge in [0.2, 0.25) is 0 Å². The first-order chi connectivity index (χ1) is 5.79. The Hall–Kier alpha value is -0.930. The summed E-state index contributed by atoms with van der Waals surface area (Å²) in [7, 11) is 0. The Morgan fingerprint density at radius 1 is 1.50 bits per heavy atom. The third-order valence-electron chi connectivity index (χ3n) is 1.69. The Kier molecular flexibility index (Phi) is 1.83. The molecule has 0 aliphatic carbocycles. The normalized spacial score (nSPS) is 13.5. The second-order valence-corrected chi connectivity index (χ2v) is 3.81.